The van der Waals surface area contributed by atoms with Crippen LogP contribution in [0.1, 0.15) is 11.1 Å². The van der Waals surface area contributed by atoms with E-state index in [9.17, 15) is 18.0 Å². The van der Waals surface area contributed by atoms with Crippen LogP contribution in [0.2, 0.25) is 0 Å². The zero-order valence-corrected chi connectivity index (χ0v) is 17.6. The van der Waals surface area contributed by atoms with Gasteiger partial charge in [-0.05, 0) is 43.2 Å². The van der Waals surface area contributed by atoms with Gasteiger partial charge < -0.3 is 4.74 Å². The number of thioether (sulfide) groups is 1. The SMILES string of the molecule is Cc1ccc(C)c(-n2c(=O)c3ccccc3n3c(SCCOCC(F)(F)F)nnc23)c1. The third-order valence-electron chi connectivity index (χ3n) is 4.72. The highest BCUT2D eigenvalue weighted by Gasteiger charge is 2.27. The van der Waals surface area contributed by atoms with Crippen molar-refractivity contribution in [1.82, 2.24) is 19.2 Å². The van der Waals surface area contributed by atoms with Crippen molar-refractivity contribution in [2.24, 2.45) is 0 Å². The molecule has 0 saturated heterocycles. The predicted molar refractivity (Wildman–Crippen MR) is 113 cm³/mol. The highest BCUT2D eigenvalue weighted by molar-refractivity contribution is 7.99. The van der Waals surface area contributed by atoms with Crippen LogP contribution in [-0.2, 0) is 4.74 Å². The van der Waals surface area contributed by atoms with Crippen LogP contribution >= 0.6 is 11.8 Å². The molecule has 2 aromatic heterocycles. The number of alkyl halides is 3. The third kappa shape index (κ3) is 4.31. The summed E-state index contributed by atoms with van der Waals surface area (Å²) in [4.78, 5) is 13.4. The Hall–Kier alpha value is -2.85. The van der Waals surface area contributed by atoms with Gasteiger partial charge in [-0.25, -0.2) is 4.57 Å². The number of para-hydroxylation sites is 1. The number of halogens is 3. The van der Waals surface area contributed by atoms with E-state index in [1.807, 2.05) is 38.1 Å². The van der Waals surface area contributed by atoms with E-state index in [4.69, 9.17) is 0 Å². The Kier molecular flexibility index (Phi) is 5.76. The minimum atomic E-state index is -4.36. The van der Waals surface area contributed by atoms with Crippen molar-refractivity contribution in [3.8, 4) is 5.69 Å². The quantitative estimate of drug-likeness (QED) is 0.325. The number of hydrogen-bond donors (Lipinski definition) is 0. The van der Waals surface area contributed by atoms with E-state index >= 15 is 0 Å². The van der Waals surface area contributed by atoms with Gasteiger partial charge in [-0.1, -0.05) is 36.0 Å². The Morgan fingerprint density at radius 2 is 1.87 bits per heavy atom. The van der Waals surface area contributed by atoms with Crippen molar-refractivity contribution in [2.45, 2.75) is 25.2 Å². The minimum Gasteiger partial charge on any atom is -0.371 e. The van der Waals surface area contributed by atoms with Crippen molar-refractivity contribution in [3.05, 3.63) is 63.9 Å². The fraction of sp³-hybridized carbons (Fsp3) is 0.286. The van der Waals surface area contributed by atoms with Crippen LogP contribution in [0.3, 0.4) is 0 Å². The number of hydrogen-bond acceptors (Lipinski definition) is 5. The maximum absolute atomic E-state index is 13.4. The van der Waals surface area contributed by atoms with Gasteiger partial charge in [-0.3, -0.25) is 9.20 Å². The van der Waals surface area contributed by atoms with E-state index in [0.717, 1.165) is 11.1 Å². The molecule has 0 spiro atoms. The first-order valence-corrected chi connectivity index (χ1v) is 10.5. The van der Waals surface area contributed by atoms with Crippen LogP contribution in [0.4, 0.5) is 13.2 Å². The molecule has 0 amide bonds. The molecule has 0 atom stereocenters. The van der Waals surface area contributed by atoms with E-state index in [-0.39, 0.29) is 17.9 Å². The Balaban J connectivity index is 1.80. The van der Waals surface area contributed by atoms with E-state index in [0.29, 0.717) is 27.5 Å². The normalized spacial score (nSPS) is 12.2. The van der Waals surface area contributed by atoms with Crippen molar-refractivity contribution in [2.75, 3.05) is 19.0 Å². The van der Waals surface area contributed by atoms with E-state index in [1.165, 1.54) is 16.3 Å². The third-order valence-corrected chi connectivity index (χ3v) is 5.62. The lowest BCUT2D eigenvalue weighted by Crippen LogP contribution is -2.22. The lowest BCUT2D eigenvalue weighted by atomic mass is 10.1. The van der Waals surface area contributed by atoms with E-state index in [2.05, 4.69) is 14.9 Å². The molecule has 0 fully saturated rings. The fourth-order valence-corrected chi connectivity index (χ4v) is 4.12. The lowest BCUT2D eigenvalue weighted by molar-refractivity contribution is -0.172. The first-order chi connectivity index (χ1) is 14.8. The molecule has 0 aliphatic rings. The van der Waals surface area contributed by atoms with Crippen molar-refractivity contribution in [1.29, 1.82) is 0 Å². The van der Waals surface area contributed by atoms with Gasteiger partial charge in [0.05, 0.1) is 23.2 Å². The largest absolute Gasteiger partial charge is 0.411 e. The van der Waals surface area contributed by atoms with Gasteiger partial charge in [0.2, 0.25) is 5.78 Å². The summed E-state index contributed by atoms with van der Waals surface area (Å²) in [5.74, 6) is 0.601. The minimum absolute atomic E-state index is 0.0896. The summed E-state index contributed by atoms with van der Waals surface area (Å²) in [5.41, 5.74) is 3.03. The molecule has 4 aromatic rings. The number of aryl methyl sites for hydroxylation is 2. The second-order valence-corrected chi connectivity index (χ2v) is 8.14. The molecular formula is C21H19F3N4O2S. The first kappa shape index (κ1) is 21.4. The van der Waals surface area contributed by atoms with Crippen LogP contribution < -0.4 is 5.56 Å². The van der Waals surface area contributed by atoms with Gasteiger partial charge in [-0.2, -0.15) is 13.2 Å². The number of nitrogens with zero attached hydrogens (tertiary/aromatic N) is 4. The zero-order valence-electron chi connectivity index (χ0n) is 16.8. The highest BCUT2D eigenvalue weighted by Crippen LogP contribution is 2.25. The summed E-state index contributed by atoms with van der Waals surface area (Å²) in [6.07, 6.45) is -4.36. The molecule has 0 saturated carbocycles. The van der Waals surface area contributed by atoms with Crippen molar-refractivity contribution < 1.29 is 17.9 Å². The molecule has 2 aromatic carbocycles. The molecule has 2 heterocycles. The predicted octanol–water partition coefficient (Wildman–Crippen LogP) is 4.32. The van der Waals surface area contributed by atoms with Crippen LogP contribution in [0.25, 0.3) is 22.4 Å². The molecule has 0 aliphatic heterocycles. The molecule has 0 aliphatic carbocycles. The number of fused-ring (bicyclic) bond motifs is 3. The summed E-state index contributed by atoms with van der Waals surface area (Å²) in [5, 5.41) is 9.42. The summed E-state index contributed by atoms with van der Waals surface area (Å²) >= 11 is 1.22. The maximum Gasteiger partial charge on any atom is 0.411 e. The molecule has 4 rings (SSSR count). The van der Waals surface area contributed by atoms with Crippen LogP contribution in [-0.4, -0.2) is 44.3 Å². The van der Waals surface area contributed by atoms with Gasteiger partial charge in [0.25, 0.3) is 5.56 Å². The fourth-order valence-electron chi connectivity index (χ4n) is 3.33. The molecule has 10 heteroatoms. The average molecular weight is 448 g/mol. The van der Waals surface area contributed by atoms with Gasteiger partial charge in [0.1, 0.15) is 6.61 Å². The van der Waals surface area contributed by atoms with E-state index in [1.54, 1.807) is 22.6 Å². The topological polar surface area (TPSA) is 61.4 Å². The van der Waals surface area contributed by atoms with Gasteiger partial charge in [0.15, 0.2) is 5.16 Å². The molecule has 162 valence electrons. The van der Waals surface area contributed by atoms with Gasteiger partial charge in [-0.15, -0.1) is 10.2 Å². The van der Waals surface area contributed by atoms with Gasteiger partial charge in [0, 0.05) is 5.75 Å². The number of ether oxygens (including phenoxy) is 1. The molecule has 0 radical (unpaired) electrons. The second-order valence-electron chi connectivity index (χ2n) is 7.08. The molecule has 0 N–H and O–H groups in total. The van der Waals surface area contributed by atoms with Crippen LogP contribution in [0.15, 0.2) is 52.4 Å². The summed E-state index contributed by atoms with van der Waals surface area (Å²) in [7, 11) is 0. The molecule has 6 nitrogen and oxygen atoms in total. The first-order valence-electron chi connectivity index (χ1n) is 9.50. The van der Waals surface area contributed by atoms with Gasteiger partial charge >= 0.3 is 6.18 Å². The summed E-state index contributed by atoms with van der Waals surface area (Å²) in [6.45, 7) is 2.48. The van der Waals surface area contributed by atoms with E-state index < -0.39 is 12.8 Å². The second kappa shape index (κ2) is 8.35. The van der Waals surface area contributed by atoms with Crippen molar-refractivity contribution >= 4 is 28.4 Å². The van der Waals surface area contributed by atoms with Crippen LogP contribution in [0.5, 0.6) is 0 Å². The van der Waals surface area contributed by atoms with Crippen LogP contribution in [0, 0.1) is 13.8 Å². The Labute approximate surface area is 179 Å². The zero-order chi connectivity index (χ0) is 22.2. The molecule has 31 heavy (non-hydrogen) atoms. The molecular weight excluding hydrogens is 429 g/mol. The molecule has 0 unspecified atom stereocenters. The number of rotatable bonds is 6. The Morgan fingerprint density at radius 3 is 2.65 bits per heavy atom. The highest BCUT2D eigenvalue weighted by atomic mass is 32.2. The smallest absolute Gasteiger partial charge is 0.371 e. The molecule has 0 bridgehead atoms. The van der Waals surface area contributed by atoms with Crippen molar-refractivity contribution in [3.63, 3.8) is 0 Å². The number of aromatic nitrogens is 4. The Bertz CT molecular complexity index is 1310. The standard InChI is InChI=1S/C21H19F3N4O2S/c1-13-7-8-14(2)17(11-13)27-18(29)15-5-3-4-6-16(15)28-19(27)25-26-20(28)31-10-9-30-12-21(22,23)24/h3-8,11H,9-10,12H2,1-2H3. The Morgan fingerprint density at radius 1 is 1.10 bits per heavy atom. The summed E-state index contributed by atoms with van der Waals surface area (Å²) in [6, 6.07) is 12.9. The maximum atomic E-state index is 13.4. The average Bonchev–Trinajstić information content (AvgIpc) is 3.13. The monoisotopic (exact) mass is 448 g/mol. The number of benzene rings is 2. The lowest BCUT2D eigenvalue weighted by Gasteiger charge is -2.14. The summed E-state index contributed by atoms with van der Waals surface area (Å²) < 4.78 is 44.7.